The number of pyridine rings is 1. The summed E-state index contributed by atoms with van der Waals surface area (Å²) in [7, 11) is 3.53. The summed E-state index contributed by atoms with van der Waals surface area (Å²) in [5.74, 6) is 0.568. The lowest BCUT2D eigenvalue weighted by molar-refractivity contribution is -0.119. The van der Waals surface area contributed by atoms with E-state index in [4.69, 9.17) is 0 Å². The molecule has 0 radical (unpaired) electrons. The summed E-state index contributed by atoms with van der Waals surface area (Å²) in [5.41, 5.74) is 2.96. The third-order valence-electron chi connectivity index (χ3n) is 6.44. The molecule has 1 atom stereocenters. The minimum absolute atomic E-state index is 0.0702. The highest BCUT2D eigenvalue weighted by Gasteiger charge is 2.33. The summed E-state index contributed by atoms with van der Waals surface area (Å²) in [6, 6.07) is 4.62. The molecule has 0 spiro atoms. The van der Waals surface area contributed by atoms with Gasteiger partial charge in [0.1, 0.15) is 17.6 Å². The fraction of sp³-hybridized carbons (Fsp3) is 0.478. The van der Waals surface area contributed by atoms with Crippen LogP contribution < -0.4 is 10.6 Å². The molecule has 1 unspecified atom stereocenters. The van der Waals surface area contributed by atoms with E-state index >= 15 is 0 Å². The van der Waals surface area contributed by atoms with E-state index in [1.165, 1.54) is 4.68 Å². The lowest BCUT2D eigenvalue weighted by Crippen LogP contribution is -2.49. The molecule has 1 aliphatic carbocycles. The minimum Gasteiger partial charge on any atom is -0.339 e. The molecule has 0 saturated heterocycles. The number of hydrogen-bond acceptors (Lipinski definition) is 6. The molecule has 3 heterocycles. The fourth-order valence-electron chi connectivity index (χ4n) is 4.50. The van der Waals surface area contributed by atoms with Gasteiger partial charge in [-0.1, -0.05) is 25.0 Å². The molecule has 4 rings (SSSR count). The third kappa shape index (κ3) is 4.94. The van der Waals surface area contributed by atoms with Gasteiger partial charge in [-0.25, -0.2) is 9.67 Å². The van der Waals surface area contributed by atoms with Gasteiger partial charge in [0.25, 0.3) is 5.91 Å². The van der Waals surface area contributed by atoms with Crippen molar-refractivity contribution in [3.05, 3.63) is 42.0 Å². The van der Waals surface area contributed by atoms with Crippen molar-refractivity contribution in [3.8, 4) is 11.3 Å². The van der Waals surface area contributed by atoms with Crippen LogP contribution >= 0.6 is 0 Å². The predicted molar refractivity (Wildman–Crippen MR) is 123 cm³/mol. The van der Waals surface area contributed by atoms with Crippen LogP contribution in [-0.2, 0) is 18.9 Å². The van der Waals surface area contributed by atoms with E-state index in [-0.39, 0.29) is 17.7 Å². The van der Waals surface area contributed by atoms with Crippen LogP contribution in [0.5, 0.6) is 0 Å². The monoisotopic (exact) mass is 450 g/mol. The first-order chi connectivity index (χ1) is 15.8. The second-order valence-electron chi connectivity index (χ2n) is 8.88. The number of aryl methyl sites for hydroxylation is 3. The number of carbonyl (C=O) groups is 2. The number of nitrogens with one attached hydrogen (secondary N) is 2. The van der Waals surface area contributed by atoms with E-state index < -0.39 is 6.04 Å². The van der Waals surface area contributed by atoms with Gasteiger partial charge in [-0.15, -0.1) is 5.10 Å². The van der Waals surface area contributed by atoms with Gasteiger partial charge >= 0.3 is 0 Å². The van der Waals surface area contributed by atoms with Crippen LogP contribution in [0.4, 0.5) is 5.82 Å². The van der Waals surface area contributed by atoms with Crippen molar-refractivity contribution < 1.29 is 9.59 Å². The van der Waals surface area contributed by atoms with Crippen LogP contribution in [-0.4, -0.2) is 47.6 Å². The van der Waals surface area contributed by atoms with E-state index in [2.05, 4.69) is 38.0 Å². The van der Waals surface area contributed by atoms with Crippen molar-refractivity contribution in [1.29, 1.82) is 0 Å². The Morgan fingerprint density at radius 2 is 1.85 bits per heavy atom. The van der Waals surface area contributed by atoms with Gasteiger partial charge in [0.05, 0.1) is 11.4 Å². The maximum Gasteiger partial charge on any atom is 0.270 e. The number of carbonyl (C=O) groups excluding carboxylic acids is 2. The second kappa shape index (κ2) is 9.51. The molecule has 3 aromatic rings. The standard InChI is InChI=1S/C23H30N8O2/c1-14-5-7-16(8-6-14)20(27-22(32)18-11-12-25-30(18)3)23(33)26-19-10-9-17(13-24-19)21-15(2)28-29-31(21)4/h9-14,16,20H,5-8H2,1-4H3,(H,27,32)(H,24,26,33). The first-order valence-corrected chi connectivity index (χ1v) is 11.3. The van der Waals surface area contributed by atoms with Crippen LogP contribution in [0, 0.1) is 18.8 Å². The summed E-state index contributed by atoms with van der Waals surface area (Å²) in [6.45, 7) is 4.11. The highest BCUT2D eigenvalue weighted by atomic mass is 16.2. The third-order valence-corrected chi connectivity index (χ3v) is 6.44. The van der Waals surface area contributed by atoms with E-state index in [0.29, 0.717) is 17.4 Å². The molecular formula is C23H30N8O2. The van der Waals surface area contributed by atoms with Crippen LogP contribution in [0.3, 0.4) is 0 Å². The molecule has 0 bridgehead atoms. The number of anilines is 1. The Bertz CT molecular complexity index is 1110. The van der Waals surface area contributed by atoms with Crippen molar-refractivity contribution in [2.75, 3.05) is 5.32 Å². The lowest BCUT2D eigenvalue weighted by Gasteiger charge is -2.32. The molecule has 33 heavy (non-hydrogen) atoms. The molecule has 2 N–H and O–H groups in total. The van der Waals surface area contributed by atoms with Crippen molar-refractivity contribution in [3.63, 3.8) is 0 Å². The molecule has 10 nitrogen and oxygen atoms in total. The number of nitrogens with zero attached hydrogens (tertiary/aromatic N) is 6. The van der Waals surface area contributed by atoms with Gasteiger partial charge in [-0.3, -0.25) is 14.3 Å². The zero-order valence-corrected chi connectivity index (χ0v) is 19.4. The first kappa shape index (κ1) is 22.6. The SMILES string of the molecule is Cc1nnn(C)c1-c1ccc(NC(=O)C(NC(=O)c2ccnn2C)C2CCC(C)CC2)nc1. The van der Waals surface area contributed by atoms with E-state index in [1.807, 2.05) is 20.0 Å². The molecule has 10 heteroatoms. The highest BCUT2D eigenvalue weighted by Crippen LogP contribution is 2.31. The second-order valence-corrected chi connectivity index (χ2v) is 8.88. The van der Waals surface area contributed by atoms with Gasteiger partial charge in [-0.2, -0.15) is 5.10 Å². The predicted octanol–water partition coefficient (Wildman–Crippen LogP) is 2.48. The van der Waals surface area contributed by atoms with Gasteiger partial charge < -0.3 is 10.6 Å². The van der Waals surface area contributed by atoms with Crippen molar-refractivity contribution in [1.82, 2.24) is 35.1 Å². The molecular weight excluding hydrogens is 420 g/mol. The van der Waals surface area contributed by atoms with Gasteiger partial charge in [0.2, 0.25) is 5.91 Å². The summed E-state index contributed by atoms with van der Waals surface area (Å²) < 4.78 is 3.20. The van der Waals surface area contributed by atoms with Crippen LogP contribution in [0.2, 0.25) is 0 Å². The Labute approximate surface area is 192 Å². The van der Waals surface area contributed by atoms with Crippen LogP contribution in [0.15, 0.2) is 30.6 Å². The number of amides is 2. The number of aromatic nitrogens is 6. The molecule has 3 aromatic heterocycles. The normalized spacial score (nSPS) is 19.2. The van der Waals surface area contributed by atoms with Crippen molar-refractivity contribution >= 4 is 17.6 Å². The van der Waals surface area contributed by atoms with E-state index in [1.54, 1.807) is 36.3 Å². The maximum absolute atomic E-state index is 13.3. The average molecular weight is 451 g/mol. The zero-order chi connectivity index (χ0) is 23.5. The Balaban J connectivity index is 1.51. The maximum atomic E-state index is 13.3. The van der Waals surface area contributed by atoms with Gasteiger partial charge in [0.15, 0.2) is 0 Å². The zero-order valence-electron chi connectivity index (χ0n) is 19.4. The lowest BCUT2D eigenvalue weighted by atomic mass is 9.79. The van der Waals surface area contributed by atoms with E-state index in [9.17, 15) is 9.59 Å². The topological polar surface area (TPSA) is 120 Å². The molecule has 1 saturated carbocycles. The first-order valence-electron chi connectivity index (χ1n) is 11.3. The summed E-state index contributed by atoms with van der Waals surface area (Å²) in [5, 5.41) is 18.0. The van der Waals surface area contributed by atoms with Crippen molar-refractivity contribution in [2.24, 2.45) is 25.9 Å². The fourth-order valence-corrected chi connectivity index (χ4v) is 4.50. The average Bonchev–Trinajstić information content (AvgIpc) is 3.38. The van der Waals surface area contributed by atoms with Crippen molar-refractivity contribution in [2.45, 2.75) is 45.6 Å². The summed E-state index contributed by atoms with van der Waals surface area (Å²) >= 11 is 0. The quantitative estimate of drug-likeness (QED) is 0.595. The molecule has 2 amide bonds. The van der Waals surface area contributed by atoms with Gasteiger partial charge in [0, 0.05) is 32.1 Å². The van der Waals surface area contributed by atoms with E-state index in [0.717, 1.165) is 42.6 Å². The summed E-state index contributed by atoms with van der Waals surface area (Å²) in [6.07, 6.45) is 7.13. The largest absolute Gasteiger partial charge is 0.339 e. The molecule has 0 aromatic carbocycles. The van der Waals surface area contributed by atoms with Crippen LogP contribution in [0.1, 0.15) is 48.8 Å². The highest BCUT2D eigenvalue weighted by molar-refractivity contribution is 6.00. The molecule has 1 aliphatic rings. The Morgan fingerprint density at radius 1 is 1.09 bits per heavy atom. The molecule has 174 valence electrons. The Hall–Kier alpha value is -3.56. The number of rotatable bonds is 6. The Kier molecular flexibility index (Phi) is 6.52. The minimum atomic E-state index is -0.648. The summed E-state index contributed by atoms with van der Waals surface area (Å²) in [4.78, 5) is 30.6. The number of hydrogen-bond donors (Lipinski definition) is 2. The molecule has 0 aliphatic heterocycles. The Morgan fingerprint density at radius 3 is 2.42 bits per heavy atom. The molecule has 1 fully saturated rings. The van der Waals surface area contributed by atoms with Gasteiger partial charge in [-0.05, 0) is 49.8 Å². The van der Waals surface area contributed by atoms with Crippen LogP contribution in [0.25, 0.3) is 11.3 Å². The smallest absolute Gasteiger partial charge is 0.270 e.